The number of quaternary nitrogens is 1. The lowest BCUT2D eigenvalue weighted by Gasteiger charge is -2.43. The largest absolute Gasteiger partial charge is 0.356 e. The molecule has 0 bridgehead atoms. The Balaban J connectivity index is 1.09. The molecule has 54 heavy (non-hydrogen) atoms. The van der Waals surface area contributed by atoms with E-state index in [-0.39, 0.29) is 24.2 Å². The molecular weight excluding hydrogens is 659 g/mol. The molecule has 262 valence electrons. The summed E-state index contributed by atoms with van der Waals surface area (Å²) in [6.07, 6.45) is 28.1. The summed E-state index contributed by atoms with van der Waals surface area (Å²) in [5, 5.41) is 2.28. The Kier molecular flexibility index (Phi) is 7.47. The van der Waals surface area contributed by atoms with Crippen molar-refractivity contribution in [1.29, 1.82) is 0 Å². The van der Waals surface area contributed by atoms with E-state index in [0.29, 0.717) is 11.8 Å². The van der Waals surface area contributed by atoms with Gasteiger partial charge in [0.1, 0.15) is 0 Å². The number of nitrogens with zero attached hydrogens (tertiary/aromatic N) is 4. The second kappa shape index (κ2) is 12.8. The van der Waals surface area contributed by atoms with Crippen LogP contribution in [0.4, 0.5) is 11.4 Å². The van der Waals surface area contributed by atoms with Crippen LogP contribution in [-0.4, -0.2) is 23.9 Å². The molecule has 0 spiro atoms. The summed E-state index contributed by atoms with van der Waals surface area (Å²) < 4.78 is 0. The van der Waals surface area contributed by atoms with Gasteiger partial charge in [-0.15, -0.1) is 0 Å². The number of amidine groups is 2. The number of hydrogen-bond acceptors (Lipinski definition) is 4. The number of aliphatic imine (C=N–C) groups is 2. The monoisotopic (exact) mass is 700 g/mol. The number of nitrogens with two attached hydrogens (primary N) is 1. The average Bonchev–Trinajstić information content (AvgIpc) is 3.76. The van der Waals surface area contributed by atoms with Crippen LogP contribution in [0.25, 0.3) is 6.08 Å². The van der Waals surface area contributed by atoms with Gasteiger partial charge in [-0.1, -0.05) is 140 Å². The van der Waals surface area contributed by atoms with Crippen LogP contribution < -0.4 is 15.1 Å². The maximum atomic E-state index is 5.48. The maximum Gasteiger partial charge on any atom is 0.235 e. The maximum absolute atomic E-state index is 5.48. The second-order valence-corrected chi connectivity index (χ2v) is 15.3. The Hall–Kier alpha value is -6.04. The van der Waals surface area contributed by atoms with Crippen molar-refractivity contribution in [2.24, 2.45) is 15.9 Å². The fourth-order valence-corrected chi connectivity index (χ4v) is 9.97. The lowest BCUT2D eigenvalue weighted by atomic mass is 9.78. The molecule has 0 saturated heterocycles. The summed E-state index contributed by atoms with van der Waals surface area (Å²) >= 11 is 0. The first-order valence-electron chi connectivity index (χ1n) is 19.5. The van der Waals surface area contributed by atoms with Crippen molar-refractivity contribution in [1.82, 2.24) is 0 Å². The van der Waals surface area contributed by atoms with E-state index in [1.54, 1.807) is 0 Å². The van der Waals surface area contributed by atoms with E-state index < -0.39 is 0 Å². The van der Waals surface area contributed by atoms with Gasteiger partial charge in [-0.2, -0.15) is 4.99 Å². The van der Waals surface area contributed by atoms with Gasteiger partial charge in [-0.25, -0.2) is 4.99 Å². The van der Waals surface area contributed by atoms with E-state index in [4.69, 9.17) is 9.98 Å². The molecule has 0 radical (unpaired) electrons. The molecule has 0 amide bonds. The molecule has 6 atom stereocenters. The average molecular weight is 701 g/mol. The molecule has 3 aliphatic heterocycles. The lowest BCUT2D eigenvalue weighted by Crippen LogP contribution is -2.95. The van der Waals surface area contributed by atoms with Crippen LogP contribution in [0.3, 0.4) is 0 Å². The predicted molar refractivity (Wildman–Crippen MR) is 220 cm³/mol. The third-order valence-electron chi connectivity index (χ3n) is 12.3. The highest BCUT2D eigenvalue weighted by atomic mass is 15.3. The van der Waals surface area contributed by atoms with Gasteiger partial charge in [0.2, 0.25) is 5.84 Å². The van der Waals surface area contributed by atoms with Crippen molar-refractivity contribution in [3.8, 4) is 0 Å². The van der Waals surface area contributed by atoms with E-state index in [1.807, 2.05) is 0 Å². The summed E-state index contributed by atoms with van der Waals surface area (Å²) in [6.45, 7) is 0. The van der Waals surface area contributed by atoms with Gasteiger partial charge in [0.25, 0.3) is 0 Å². The first-order valence-corrected chi connectivity index (χ1v) is 19.5. The van der Waals surface area contributed by atoms with E-state index in [2.05, 4.69) is 185 Å². The number of benzene rings is 4. The van der Waals surface area contributed by atoms with Crippen LogP contribution in [0.2, 0.25) is 0 Å². The van der Waals surface area contributed by atoms with Crippen LogP contribution in [0.15, 0.2) is 191 Å². The van der Waals surface area contributed by atoms with Crippen molar-refractivity contribution in [2.75, 3.05) is 9.80 Å². The zero-order valence-corrected chi connectivity index (χ0v) is 30.1. The molecule has 5 heteroatoms. The van der Waals surface area contributed by atoms with Crippen molar-refractivity contribution in [2.45, 2.75) is 49.3 Å². The van der Waals surface area contributed by atoms with Gasteiger partial charge in [-0.05, 0) is 71.9 Å². The third kappa shape index (κ3) is 4.95. The summed E-state index contributed by atoms with van der Waals surface area (Å²) in [5.41, 5.74) is 13.0. The topological polar surface area (TPSA) is 47.8 Å². The van der Waals surface area contributed by atoms with Crippen molar-refractivity contribution in [3.05, 3.63) is 209 Å². The highest BCUT2D eigenvalue weighted by molar-refractivity contribution is 6.11. The van der Waals surface area contributed by atoms with Gasteiger partial charge in [-0.3, -0.25) is 5.32 Å². The van der Waals surface area contributed by atoms with Crippen LogP contribution in [0, 0.1) is 5.92 Å². The molecule has 7 aliphatic rings. The molecule has 0 fully saturated rings. The minimum atomic E-state index is 0.00234. The lowest BCUT2D eigenvalue weighted by molar-refractivity contribution is -0.586. The summed E-state index contributed by atoms with van der Waals surface area (Å²) in [7, 11) is 0. The molecule has 4 aliphatic carbocycles. The number of anilines is 2. The zero-order chi connectivity index (χ0) is 35.6. The Morgan fingerprint density at radius 3 is 2.31 bits per heavy atom. The first kappa shape index (κ1) is 31.5. The van der Waals surface area contributed by atoms with E-state index >= 15 is 0 Å². The van der Waals surface area contributed by atoms with Crippen molar-refractivity contribution in [3.63, 3.8) is 0 Å². The summed E-state index contributed by atoms with van der Waals surface area (Å²) in [5.74, 6) is 2.60. The van der Waals surface area contributed by atoms with Gasteiger partial charge in [0.05, 0.1) is 29.5 Å². The number of fused-ring (bicyclic) bond motifs is 7. The quantitative estimate of drug-likeness (QED) is 0.226. The minimum Gasteiger partial charge on any atom is -0.356 e. The van der Waals surface area contributed by atoms with Crippen LogP contribution in [0.1, 0.15) is 65.0 Å². The predicted octanol–water partition coefficient (Wildman–Crippen LogP) is 9.27. The highest BCUT2D eigenvalue weighted by Crippen LogP contribution is 2.60. The minimum absolute atomic E-state index is 0.00234. The van der Waals surface area contributed by atoms with Gasteiger partial charge < -0.3 is 9.80 Å². The number of hydrogen-bond donors (Lipinski definition) is 1. The Morgan fingerprint density at radius 1 is 0.685 bits per heavy atom. The fourth-order valence-electron chi connectivity index (χ4n) is 9.97. The van der Waals surface area contributed by atoms with Crippen LogP contribution in [-0.2, 0) is 0 Å². The van der Waals surface area contributed by atoms with E-state index in [1.165, 1.54) is 45.0 Å². The molecular formula is C49H42N5+. The molecule has 4 aromatic rings. The SMILES string of the molecule is C1=CCC(C2N=C(C3=C(N4C5=Cc6ccccc6C(N6c7ccccc7C7C=CC=CC76)C5c5ccccc54)CCC=C3)N=C(c3ccccc3)[NH2+]2)C=C1. The second-order valence-electron chi connectivity index (χ2n) is 15.3. The van der Waals surface area contributed by atoms with Crippen molar-refractivity contribution < 1.29 is 5.32 Å². The Labute approximate surface area is 317 Å². The van der Waals surface area contributed by atoms with Crippen molar-refractivity contribution >= 4 is 29.1 Å². The molecule has 0 saturated carbocycles. The molecule has 0 aromatic heterocycles. The van der Waals surface area contributed by atoms with Crippen LogP contribution >= 0.6 is 0 Å². The molecule has 4 aromatic carbocycles. The molecule has 11 rings (SSSR count). The molecule has 6 unspecified atom stereocenters. The van der Waals surface area contributed by atoms with Crippen LogP contribution in [0.5, 0.6) is 0 Å². The first-order chi connectivity index (χ1) is 26.8. The van der Waals surface area contributed by atoms with Gasteiger partial charge >= 0.3 is 0 Å². The summed E-state index contributed by atoms with van der Waals surface area (Å²) in [6, 6.07) is 38.3. The molecule has 2 N–H and O–H groups in total. The molecule has 3 heterocycles. The number of allylic oxidation sites excluding steroid dienone is 7. The number of para-hydroxylation sites is 2. The standard InChI is InChI=1S/C49H41N5/c1-3-17-32(18-4-1)47-50-48(33-19-5-2-6-20-33)52-49(51-47)39-26-12-16-30-43(39)53-42-29-15-11-25-38(42)45-44(53)31-34-21-7-8-22-35(34)46(45)54-40-27-13-9-23-36(40)37-24-10-14-28-41(37)54/h1-15,17-19,21-29,31,33,36,40,45-46,48H,16,20,30H2,(H,50,51,52)/p+1. The van der Waals surface area contributed by atoms with Gasteiger partial charge in [0, 0.05) is 34.3 Å². The van der Waals surface area contributed by atoms with E-state index in [9.17, 15) is 0 Å². The normalized spacial score (nSPS) is 27.1. The highest BCUT2D eigenvalue weighted by Gasteiger charge is 2.50. The number of rotatable bonds is 5. The van der Waals surface area contributed by atoms with Gasteiger partial charge in [0.15, 0.2) is 12.0 Å². The Bertz CT molecular complexity index is 2460. The third-order valence-corrected chi connectivity index (χ3v) is 12.3. The van der Waals surface area contributed by atoms with E-state index in [0.717, 1.165) is 42.1 Å². The smallest absolute Gasteiger partial charge is 0.235 e. The summed E-state index contributed by atoms with van der Waals surface area (Å²) in [4.78, 5) is 16.2. The molecule has 5 nitrogen and oxygen atoms in total. The fraction of sp³-hybridized carbons (Fsp3) is 0.184. The zero-order valence-electron chi connectivity index (χ0n) is 30.1. The Morgan fingerprint density at radius 2 is 1.44 bits per heavy atom.